The van der Waals surface area contributed by atoms with Gasteiger partial charge in [-0.15, -0.1) is 6.58 Å². The Hall–Kier alpha value is -1.44. The van der Waals surface area contributed by atoms with E-state index in [1.54, 1.807) is 22.6 Å². The predicted octanol–water partition coefficient (Wildman–Crippen LogP) is 2.32. The summed E-state index contributed by atoms with van der Waals surface area (Å²) in [5.74, 6) is 0.496. The highest BCUT2D eigenvalue weighted by atomic mass is 32.2. The van der Waals surface area contributed by atoms with Crippen LogP contribution in [-0.4, -0.2) is 61.4 Å². The zero-order valence-electron chi connectivity index (χ0n) is 14.7. The molecule has 0 saturated carbocycles. The highest BCUT2D eigenvalue weighted by Gasteiger charge is 2.29. The first-order chi connectivity index (χ1) is 12.1. The predicted molar refractivity (Wildman–Crippen MR) is 100 cm³/mol. The smallest absolute Gasteiger partial charge is 0.246 e. The molecular formula is C18H28N4O2S. The minimum atomic E-state index is -3.48. The van der Waals surface area contributed by atoms with Gasteiger partial charge in [0.1, 0.15) is 10.7 Å². The van der Waals surface area contributed by atoms with Crippen molar-refractivity contribution in [1.82, 2.24) is 14.2 Å². The number of anilines is 1. The Kier molecular flexibility index (Phi) is 6.09. The van der Waals surface area contributed by atoms with Crippen molar-refractivity contribution in [3.8, 4) is 0 Å². The molecule has 2 aliphatic heterocycles. The molecule has 1 N–H and O–H groups in total. The van der Waals surface area contributed by atoms with Gasteiger partial charge in [0.15, 0.2) is 0 Å². The Morgan fingerprint density at radius 3 is 2.60 bits per heavy atom. The zero-order valence-corrected chi connectivity index (χ0v) is 15.5. The van der Waals surface area contributed by atoms with E-state index in [0.29, 0.717) is 23.8 Å². The lowest BCUT2D eigenvalue weighted by atomic mass is 10.1. The Bertz CT molecular complexity index is 678. The Morgan fingerprint density at radius 2 is 1.92 bits per heavy atom. The third kappa shape index (κ3) is 4.40. The van der Waals surface area contributed by atoms with E-state index in [2.05, 4.69) is 21.8 Å². The van der Waals surface area contributed by atoms with Crippen LogP contribution in [-0.2, 0) is 10.0 Å². The van der Waals surface area contributed by atoms with E-state index in [0.717, 1.165) is 51.7 Å². The normalized spacial score (nSPS) is 21.1. The molecule has 0 atom stereocenters. The van der Waals surface area contributed by atoms with Crippen LogP contribution in [0.25, 0.3) is 0 Å². The van der Waals surface area contributed by atoms with Crippen LogP contribution in [0.3, 0.4) is 0 Å². The molecule has 3 heterocycles. The lowest BCUT2D eigenvalue weighted by Crippen LogP contribution is -2.40. The van der Waals surface area contributed by atoms with Crippen LogP contribution < -0.4 is 5.32 Å². The van der Waals surface area contributed by atoms with Crippen LogP contribution in [0.15, 0.2) is 35.9 Å². The molecule has 2 fully saturated rings. The summed E-state index contributed by atoms with van der Waals surface area (Å²) in [5.41, 5.74) is 0. The van der Waals surface area contributed by atoms with Gasteiger partial charge in [0.05, 0.1) is 0 Å². The van der Waals surface area contributed by atoms with Crippen LogP contribution in [0, 0.1) is 0 Å². The van der Waals surface area contributed by atoms with Gasteiger partial charge < -0.3 is 5.32 Å². The summed E-state index contributed by atoms with van der Waals surface area (Å²) in [6.45, 7) is 7.89. The molecule has 6 nitrogen and oxygen atoms in total. The van der Waals surface area contributed by atoms with Crippen LogP contribution in [0.2, 0.25) is 0 Å². The van der Waals surface area contributed by atoms with E-state index in [1.165, 1.54) is 0 Å². The average molecular weight is 365 g/mol. The van der Waals surface area contributed by atoms with Gasteiger partial charge in [-0.25, -0.2) is 13.4 Å². The molecule has 0 radical (unpaired) electrons. The van der Waals surface area contributed by atoms with Crippen molar-refractivity contribution in [2.24, 2.45) is 0 Å². The maximum atomic E-state index is 13.0. The second-order valence-corrected chi connectivity index (χ2v) is 8.73. The summed E-state index contributed by atoms with van der Waals surface area (Å²) in [4.78, 5) is 7.01. The van der Waals surface area contributed by atoms with Gasteiger partial charge in [0, 0.05) is 45.0 Å². The Labute approximate surface area is 151 Å². The van der Waals surface area contributed by atoms with Crippen molar-refractivity contribution in [3.63, 3.8) is 0 Å². The quantitative estimate of drug-likeness (QED) is 0.785. The van der Waals surface area contributed by atoms with Crippen molar-refractivity contribution in [2.45, 2.75) is 43.0 Å². The van der Waals surface area contributed by atoms with Gasteiger partial charge in [-0.05, 0) is 37.8 Å². The van der Waals surface area contributed by atoms with E-state index in [1.807, 2.05) is 6.08 Å². The van der Waals surface area contributed by atoms with Crippen molar-refractivity contribution >= 4 is 15.8 Å². The van der Waals surface area contributed by atoms with Crippen molar-refractivity contribution in [3.05, 3.63) is 31.0 Å². The van der Waals surface area contributed by atoms with Crippen molar-refractivity contribution in [2.75, 3.05) is 38.0 Å². The number of nitrogens with zero attached hydrogens (tertiary/aromatic N) is 3. The molecule has 138 valence electrons. The van der Waals surface area contributed by atoms with Crippen molar-refractivity contribution in [1.29, 1.82) is 0 Å². The average Bonchev–Trinajstić information content (AvgIpc) is 2.65. The molecule has 0 amide bonds. The first-order valence-corrected chi connectivity index (χ1v) is 10.6. The highest BCUT2D eigenvalue weighted by molar-refractivity contribution is 7.89. The molecule has 2 saturated heterocycles. The molecule has 3 rings (SSSR count). The van der Waals surface area contributed by atoms with Gasteiger partial charge in [0.2, 0.25) is 10.0 Å². The fraction of sp³-hybridized carbons (Fsp3) is 0.611. The Morgan fingerprint density at radius 1 is 1.20 bits per heavy atom. The molecule has 1 aromatic rings. The Balaban J connectivity index is 1.72. The van der Waals surface area contributed by atoms with E-state index in [4.69, 9.17) is 0 Å². The summed E-state index contributed by atoms with van der Waals surface area (Å²) in [6, 6.07) is 3.63. The highest BCUT2D eigenvalue weighted by Crippen LogP contribution is 2.26. The zero-order chi connectivity index (χ0) is 17.7. The van der Waals surface area contributed by atoms with Gasteiger partial charge in [-0.3, -0.25) is 4.90 Å². The summed E-state index contributed by atoms with van der Waals surface area (Å²) < 4.78 is 27.6. The molecule has 0 bridgehead atoms. The number of piperidine rings is 2. The first kappa shape index (κ1) is 18.4. The molecular weight excluding hydrogens is 336 g/mol. The number of aromatic nitrogens is 1. The number of hydrogen-bond acceptors (Lipinski definition) is 5. The topological polar surface area (TPSA) is 65.5 Å². The number of pyridine rings is 1. The summed E-state index contributed by atoms with van der Waals surface area (Å²) in [5, 5.41) is 3.39. The number of likely N-dealkylation sites (tertiary alicyclic amines) is 1. The number of hydrogen-bond donors (Lipinski definition) is 1. The number of rotatable bonds is 6. The fourth-order valence-corrected chi connectivity index (χ4v) is 5.21. The van der Waals surface area contributed by atoms with Gasteiger partial charge in [-0.2, -0.15) is 4.31 Å². The standard InChI is InChI=1S/C18H28N4O2S/c1-2-11-21-14-8-16(9-15-21)20-18-17(7-6-10-19-18)25(23,24)22-12-4-3-5-13-22/h2,6-7,10,16H,1,3-5,8-9,11-15H2,(H,19,20). The second kappa shape index (κ2) is 8.29. The third-order valence-electron chi connectivity index (χ3n) is 5.02. The summed E-state index contributed by atoms with van der Waals surface area (Å²) in [6.07, 6.45) is 8.52. The lowest BCUT2D eigenvalue weighted by Gasteiger charge is -2.32. The van der Waals surface area contributed by atoms with Gasteiger partial charge in [0.25, 0.3) is 0 Å². The lowest BCUT2D eigenvalue weighted by molar-refractivity contribution is 0.240. The molecule has 25 heavy (non-hydrogen) atoms. The van der Waals surface area contributed by atoms with Gasteiger partial charge >= 0.3 is 0 Å². The number of nitrogens with one attached hydrogen (secondary N) is 1. The van der Waals surface area contributed by atoms with E-state index < -0.39 is 10.0 Å². The second-order valence-electron chi connectivity index (χ2n) is 6.82. The van der Waals surface area contributed by atoms with Gasteiger partial charge in [-0.1, -0.05) is 12.5 Å². The van der Waals surface area contributed by atoms with E-state index in [9.17, 15) is 8.42 Å². The monoisotopic (exact) mass is 364 g/mol. The van der Waals surface area contributed by atoms with Crippen molar-refractivity contribution < 1.29 is 8.42 Å². The molecule has 7 heteroatoms. The number of sulfonamides is 1. The molecule has 0 unspecified atom stereocenters. The molecule has 0 spiro atoms. The SMILES string of the molecule is C=CCN1CCC(Nc2ncccc2S(=O)(=O)N2CCCCC2)CC1. The maximum Gasteiger partial charge on any atom is 0.246 e. The maximum absolute atomic E-state index is 13.0. The summed E-state index contributed by atoms with van der Waals surface area (Å²) in [7, 11) is -3.48. The largest absolute Gasteiger partial charge is 0.366 e. The van der Waals surface area contributed by atoms with Crippen LogP contribution >= 0.6 is 0 Å². The van der Waals surface area contributed by atoms with E-state index >= 15 is 0 Å². The van der Waals surface area contributed by atoms with Crippen LogP contribution in [0.1, 0.15) is 32.1 Å². The van der Waals surface area contributed by atoms with Crippen LogP contribution in [0.4, 0.5) is 5.82 Å². The van der Waals surface area contributed by atoms with E-state index in [-0.39, 0.29) is 6.04 Å². The third-order valence-corrected chi connectivity index (χ3v) is 6.95. The first-order valence-electron chi connectivity index (χ1n) is 9.16. The molecule has 1 aromatic heterocycles. The molecule has 2 aliphatic rings. The minimum absolute atomic E-state index is 0.256. The molecule has 0 aliphatic carbocycles. The minimum Gasteiger partial charge on any atom is -0.366 e. The van der Waals surface area contributed by atoms with Crippen LogP contribution in [0.5, 0.6) is 0 Å². The summed E-state index contributed by atoms with van der Waals surface area (Å²) >= 11 is 0. The molecule has 0 aromatic carbocycles. The fourth-order valence-electron chi connectivity index (χ4n) is 3.59.